The van der Waals surface area contributed by atoms with Crippen LogP contribution in [0, 0.1) is 0 Å². The second-order valence-corrected chi connectivity index (χ2v) is 5.26. The summed E-state index contributed by atoms with van der Waals surface area (Å²) in [4.78, 5) is 10.8. The first-order valence-electron chi connectivity index (χ1n) is 3.88. The molecule has 0 N–H and O–H groups in total. The van der Waals surface area contributed by atoms with Crippen LogP contribution in [0.3, 0.4) is 0 Å². The Labute approximate surface area is 91.7 Å². The van der Waals surface area contributed by atoms with Gasteiger partial charge in [0.15, 0.2) is 9.84 Å². The van der Waals surface area contributed by atoms with Gasteiger partial charge < -0.3 is 4.74 Å². The smallest absolute Gasteiger partial charge is 0.320 e. The molecule has 0 saturated heterocycles. The molecule has 0 unspecified atom stereocenters. The lowest BCUT2D eigenvalue weighted by Gasteiger charge is -2.02. The maximum absolute atomic E-state index is 11.4. The monoisotopic (exact) mass is 252 g/mol. The number of ether oxygens (including phenoxy) is 1. The van der Waals surface area contributed by atoms with Crippen LogP contribution in [0.1, 0.15) is 0 Å². The fraction of sp³-hybridized carbons (Fsp3) is 0.429. The van der Waals surface area contributed by atoms with Crippen molar-refractivity contribution in [2.45, 2.75) is 5.88 Å². The number of nitrogens with zero attached hydrogens (tertiary/aromatic N) is 2. The van der Waals surface area contributed by atoms with E-state index in [-0.39, 0.29) is 0 Å². The summed E-state index contributed by atoms with van der Waals surface area (Å²) in [5.74, 6) is -1.86. The van der Waals surface area contributed by atoms with E-state index in [1.54, 1.807) is 0 Å². The van der Waals surface area contributed by atoms with Crippen molar-refractivity contribution in [2.24, 2.45) is 0 Å². The van der Waals surface area contributed by atoms with Crippen LogP contribution in [0.15, 0.2) is 12.4 Å². The van der Waals surface area contributed by atoms with Crippen LogP contribution >= 0.6 is 11.6 Å². The summed E-state index contributed by atoms with van der Waals surface area (Å²) in [5, 5.41) is 4.02. The summed E-state index contributed by atoms with van der Waals surface area (Å²) in [6, 6.07) is 0. The average Bonchev–Trinajstić information content (AvgIpc) is 2.49. The van der Waals surface area contributed by atoms with Crippen LogP contribution in [0.2, 0.25) is 5.02 Å². The van der Waals surface area contributed by atoms with Crippen LogP contribution in [-0.2, 0) is 25.2 Å². The Bertz CT molecular complexity index is 453. The normalized spacial score (nSPS) is 11.3. The minimum Gasteiger partial charge on any atom is -0.468 e. The van der Waals surface area contributed by atoms with Crippen LogP contribution < -0.4 is 0 Å². The van der Waals surface area contributed by atoms with E-state index >= 15 is 0 Å². The largest absolute Gasteiger partial charge is 0.468 e. The molecule has 8 heteroatoms. The topological polar surface area (TPSA) is 78.3 Å². The van der Waals surface area contributed by atoms with Crippen molar-refractivity contribution < 1.29 is 17.9 Å². The number of esters is 1. The van der Waals surface area contributed by atoms with Gasteiger partial charge in [0, 0.05) is 6.20 Å². The third kappa shape index (κ3) is 3.88. The van der Waals surface area contributed by atoms with Gasteiger partial charge in [-0.05, 0) is 0 Å². The molecule has 6 nitrogen and oxygen atoms in total. The first kappa shape index (κ1) is 12.0. The van der Waals surface area contributed by atoms with Crippen molar-refractivity contribution in [1.29, 1.82) is 0 Å². The second-order valence-electron chi connectivity index (χ2n) is 2.79. The first-order chi connectivity index (χ1) is 6.93. The third-order valence-corrected chi connectivity index (χ3v) is 3.02. The Balaban J connectivity index is 2.69. The highest BCUT2D eigenvalue weighted by Gasteiger charge is 2.18. The van der Waals surface area contributed by atoms with Crippen LogP contribution in [0.4, 0.5) is 0 Å². The van der Waals surface area contributed by atoms with Gasteiger partial charge in [0.05, 0.1) is 18.3 Å². The number of aromatic nitrogens is 2. The third-order valence-electron chi connectivity index (χ3n) is 1.50. The van der Waals surface area contributed by atoms with Gasteiger partial charge in [-0.1, -0.05) is 11.6 Å². The quantitative estimate of drug-likeness (QED) is 0.710. The molecule has 0 atom stereocenters. The lowest BCUT2D eigenvalue weighted by Crippen LogP contribution is -2.21. The first-order valence-corrected chi connectivity index (χ1v) is 6.08. The van der Waals surface area contributed by atoms with Crippen LogP contribution in [0.25, 0.3) is 0 Å². The molecule has 0 aromatic carbocycles. The lowest BCUT2D eigenvalue weighted by molar-refractivity contribution is -0.137. The highest BCUT2D eigenvalue weighted by Crippen LogP contribution is 2.06. The molecule has 0 aliphatic rings. The van der Waals surface area contributed by atoms with E-state index < -0.39 is 27.4 Å². The fourth-order valence-electron chi connectivity index (χ4n) is 0.895. The number of methoxy groups -OCH3 is 1. The molecule has 0 aliphatic heterocycles. The zero-order chi connectivity index (χ0) is 11.5. The Morgan fingerprint density at radius 3 is 2.80 bits per heavy atom. The predicted molar refractivity (Wildman–Crippen MR) is 53.0 cm³/mol. The Kier molecular flexibility index (Phi) is 3.70. The van der Waals surface area contributed by atoms with Crippen molar-refractivity contribution in [2.75, 3.05) is 12.9 Å². The number of hydrogen-bond acceptors (Lipinski definition) is 5. The van der Waals surface area contributed by atoms with Crippen molar-refractivity contribution in [3.63, 3.8) is 0 Å². The molecule has 15 heavy (non-hydrogen) atoms. The van der Waals surface area contributed by atoms with E-state index in [1.165, 1.54) is 12.4 Å². The molecule has 1 heterocycles. The number of carbonyl (C=O) groups excluding carboxylic acids is 1. The van der Waals surface area contributed by atoms with Gasteiger partial charge in [-0.25, -0.2) is 8.42 Å². The van der Waals surface area contributed by atoms with E-state index in [0.717, 1.165) is 11.8 Å². The molecular weight excluding hydrogens is 244 g/mol. The summed E-state index contributed by atoms with van der Waals surface area (Å²) in [5.41, 5.74) is 0. The fourth-order valence-corrected chi connectivity index (χ4v) is 2.16. The molecule has 0 aliphatic carbocycles. The highest BCUT2D eigenvalue weighted by molar-refractivity contribution is 7.91. The lowest BCUT2D eigenvalue weighted by atomic mass is 10.7. The van der Waals surface area contributed by atoms with Gasteiger partial charge in [0.1, 0.15) is 11.6 Å². The molecule has 0 spiro atoms. The van der Waals surface area contributed by atoms with Crippen molar-refractivity contribution in [3.05, 3.63) is 17.4 Å². The number of hydrogen-bond donors (Lipinski definition) is 0. The molecule has 0 amide bonds. The number of halogens is 1. The molecule has 1 aromatic heterocycles. The standard InChI is InChI=1S/C7H9ClN2O4S/c1-14-7(11)4-15(12,13)5-10-3-6(8)2-9-10/h2-3H,4-5H2,1H3. The van der Waals surface area contributed by atoms with E-state index in [0.29, 0.717) is 5.02 Å². The molecule has 0 bridgehead atoms. The van der Waals surface area contributed by atoms with Gasteiger partial charge >= 0.3 is 5.97 Å². The zero-order valence-corrected chi connectivity index (χ0v) is 9.45. The number of rotatable bonds is 4. The second kappa shape index (κ2) is 4.63. The van der Waals surface area contributed by atoms with Crippen molar-refractivity contribution in [3.8, 4) is 0 Å². The van der Waals surface area contributed by atoms with Gasteiger partial charge in [0.25, 0.3) is 0 Å². The molecule has 1 aromatic rings. The molecule has 0 fully saturated rings. The Morgan fingerprint density at radius 1 is 1.67 bits per heavy atom. The number of carbonyl (C=O) groups is 1. The van der Waals surface area contributed by atoms with E-state index in [2.05, 4.69) is 9.84 Å². The minimum atomic E-state index is -3.57. The van der Waals surface area contributed by atoms with E-state index in [9.17, 15) is 13.2 Å². The SMILES string of the molecule is COC(=O)CS(=O)(=O)Cn1cc(Cl)cn1. The molecule has 0 radical (unpaired) electrons. The van der Waals surface area contributed by atoms with Crippen molar-refractivity contribution in [1.82, 2.24) is 9.78 Å². The predicted octanol–water partition coefficient (Wildman–Crippen LogP) is 0.0818. The molecule has 84 valence electrons. The van der Waals surface area contributed by atoms with Crippen molar-refractivity contribution >= 4 is 27.4 Å². The molecule has 1 rings (SSSR count). The van der Waals surface area contributed by atoms with E-state index in [4.69, 9.17) is 11.6 Å². The Hall–Kier alpha value is -1.08. The summed E-state index contributed by atoms with van der Waals surface area (Å²) in [6.45, 7) is 0. The molecular formula is C7H9ClN2O4S. The minimum absolute atomic E-state index is 0.336. The maximum atomic E-state index is 11.4. The Morgan fingerprint density at radius 2 is 2.33 bits per heavy atom. The van der Waals surface area contributed by atoms with E-state index in [1.807, 2.05) is 0 Å². The molecule has 0 saturated carbocycles. The maximum Gasteiger partial charge on any atom is 0.320 e. The van der Waals surface area contributed by atoms with Crippen LogP contribution in [0.5, 0.6) is 0 Å². The summed E-state index contributed by atoms with van der Waals surface area (Å²) in [6.07, 6.45) is 2.67. The summed E-state index contributed by atoms with van der Waals surface area (Å²) < 4.78 is 28.1. The zero-order valence-electron chi connectivity index (χ0n) is 7.88. The van der Waals surface area contributed by atoms with Gasteiger partial charge in [0.2, 0.25) is 0 Å². The highest BCUT2D eigenvalue weighted by atomic mass is 35.5. The summed E-state index contributed by atoms with van der Waals surface area (Å²) >= 11 is 5.55. The number of sulfone groups is 1. The van der Waals surface area contributed by atoms with Crippen LogP contribution in [-0.4, -0.2) is 37.0 Å². The average molecular weight is 253 g/mol. The van der Waals surface area contributed by atoms with Gasteiger partial charge in [-0.2, -0.15) is 5.10 Å². The van der Waals surface area contributed by atoms with Gasteiger partial charge in [-0.3, -0.25) is 9.48 Å². The summed E-state index contributed by atoms with van der Waals surface area (Å²) in [7, 11) is -2.44. The van der Waals surface area contributed by atoms with Gasteiger partial charge in [-0.15, -0.1) is 0 Å².